The van der Waals surface area contributed by atoms with E-state index < -0.39 is 23.6 Å². The lowest BCUT2D eigenvalue weighted by atomic mass is 10.1. The molecule has 0 saturated carbocycles. The van der Waals surface area contributed by atoms with E-state index in [9.17, 15) is 18.4 Å². The van der Waals surface area contributed by atoms with Gasteiger partial charge in [-0.05, 0) is 43.5 Å². The lowest BCUT2D eigenvalue weighted by Crippen LogP contribution is -2.42. The molecule has 0 unspecified atom stereocenters. The number of benzene rings is 2. The van der Waals surface area contributed by atoms with Crippen molar-refractivity contribution in [2.75, 3.05) is 6.54 Å². The Morgan fingerprint density at radius 2 is 2.00 bits per heavy atom. The number of aromatic nitrogens is 3. The van der Waals surface area contributed by atoms with Crippen molar-refractivity contribution in [3.8, 4) is 0 Å². The quantitative estimate of drug-likeness (QED) is 0.385. The van der Waals surface area contributed by atoms with Gasteiger partial charge >= 0.3 is 0 Å². The molecule has 2 aromatic heterocycles. The molecule has 7 nitrogen and oxygen atoms in total. The third-order valence-corrected chi connectivity index (χ3v) is 5.49. The van der Waals surface area contributed by atoms with E-state index in [-0.39, 0.29) is 12.0 Å². The van der Waals surface area contributed by atoms with Gasteiger partial charge in [0.2, 0.25) is 5.91 Å². The summed E-state index contributed by atoms with van der Waals surface area (Å²) in [5, 5.41) is 11.3. The minimum absolute atomic E-state index is 0.0869. The van der Waals surface area contributed by atoms with Crippen LogP contribution in [0.3, 0.4) is 0 Å². The molecule has 0 saturated heterocycles. The van der Waals surface area contributed by atoms with E-state index in [0.29, 0.717) is 41.7 Å². The second-order valence-corrected chi connectivity index (χ2v) is 7.75. The van der Waals surface area contributed by atoms with Crippen molar-refractivity contribution in [2.24, 2.45) is 5.73 Å². The second kappa shape index (κ2) is 8.88. The van der Waals surface area contributed by atoms with Crippen molar-refractivity contribution in [1.29, 1.82) is 0 Å². The summed E-state index contributed by atoms with van der Waals surface area (Å²) < 4.78 is 28.1. The van der Waals surface area contributed by atoms with Crippen LogP contribution in [0.1, 0.15) is 17.7 Å². The summed E-state index contributed by atoms with van der Waals surface area (Å²) in [6, 6.07) is 10.1. The normalized spacial score (nSPS) is 12.4. The summed E-state index contributed by atoms with van der Waals surface area (Å²) >= 11 is 0. The first-order valence-electron chi connectivity index (χ1n) is 10.3. The number of aryl methyl sites for hydroxylation is 2. The maximum absolute atomic E-state index is 13.3. The molecule has 4 aromatic rings. The molecule has 4 rings (SSSR count). The molecule has 166 valence electrons. The van der Waals surface area contributed by atoms with Gasteiger partial charge in [0.15, 0.2) is 11.6 Å². The van der Waals surface area contributed by atoms with Crippen LogP contribution in [0.25, 0.3) is 21.8 Å². The van der Waals surface area contributed by atoms with E-state index in [1.165, 1.54) is 6.07 Å². The average molecular weight is 439 g/mol. The summed E-state index contributed by atoms with van der Waals surface area (Å²) in [4.78, 5) is 25.3. The number of H-pyrrole nitrogens is 1. The number of halogens is 2. The smallest absolute Gasteiger partial charge is 0.262 e. The lowest BCUT2D eigenvalue weighted by molar-refractivity contribution is -0.122. The minimum Gasteiger partial charge on any atom is -0.355 e. The van der Waals surface area contributed by atoms with Crippen molar-refractivity contribution in [1.82, 2.24) is 20.1 Å². The van der Waals surface area contributed by atoms with E-state index in [1.807, 2.05) is 31.2 Å². The van der Waals surface area contributed by atoms with Crippen molar-refractivity contribution >= 4 is 27.7 Å². The van der Waals surface area contributed by atoms with Gasteiger partial charge in [-0.15, -0.1) is 0 Å². The van der Waals surface area contributed by atoms with Crippen LogP contribution < -0.4 is 16.6 Å². The topological polar surface area (TPSA) is 106 Å². The van der Waals surface area contributed by atoms with E-state index >= 15 is 0 Å². The Labute approximate surface area is 182 Å². The number of nitrogens with zero attached hydrogens (tertiary/aromatic N) is 2. The lowest BCUT2D eigenvalue weighted by Gasteiger charge is -2.14. The zero-order valence-corrected chi connectivity index (χ0v) is 17.5. The Morgan fingerprint density at radius 3 is 2.78 bits per heavy atom. The first-order chi connectivity index (χ1) is 15.4. The minimum atomic E-state index is -0.974. The SMILES string of the molecule is Cc1[nH]nc2c1c(=O)n(CCCNC(=O)[C@@H](N)Cc1ccc(F)c(F)c1)c1ccccc21. The van der Waals surface area contributed by atoms with E-state index in [4.69, 9.17) is 5.73 Å². The predicted molar refractivity (Wildman–Crippen MR) is 118 cm³/mol. The number of nitrogens with one attached hydrogen (secondary N) is 2. The standard InChI is InChI=1S/C23H23F2N5O2/c1-13-20-21(29-28-13)15-5-2-3-6-19(15)30(23(20)32)10-4-9-27-22(31)18(26)12-14-7-8-16(24)17(25)11-14/h2-3,5-8,11,18H,4,9-10,12,26H2,1H3,(H,27,31)(H,28,29)/t18-/m0/s1. The maximum Gasteiger partial charge on any atom is 0.262 e. The number of amides is 1. The van der Waals surface area contributed by atoms with Crippen molar-refractivity contribution in [2.45, 2.75) is 32.4 Å². The van der Waals surface area contributed by atoms with Gasteiger partial charge in [0, 0.05) is 24.2 Å². The average Bonchev–Trinajstić information content (AvgIpc) is 3.17. The second-order valence-electron chi connectivity index (χ2n) is 7.75. The summed E-state index contributed by atoms with van der Waals surface area (Å²) in [5.74, 6) is -2.32. The molecular formula is C23H23F2N5O2. The Hall–Kier alpha value is -3.59. The highest BCUT2D eigenvalue weighted by molar-refractivity contribution is 6.03. The van der Waals surface area contributed by atoms with Crippen LogP contribution in [0.15, 0.2) is 47.3 Å². The molecular weight excluding hydrogens is 416 g/mol. The highest BCUT2D eigenvalue weighted by Crippen LogP contribution is 2.22. The van der Waals surface area contributed by atoms with Gasteiger partial charge in [0.1, 0.15) is 5.52 Å². The highest BCUT2D eigenvalue weighted by Gasteiger charge is 2.16. The molecule has 0 aliphatic heterocycles. The summed E-state index contributed by atoms with van der Waals surface area (Å²) in [6.45, 7) is 2.52. The largest absolute Gasteiger partial charge is 0.355 e. The zero-order valence-electron chi connectivity index (χ0n) is 17.5. The number of aromatic amines is 1. The van der Waals surface area contributed by atoms with Crippen molar-refractivity contribution in [3.63, 3.8) is 0 Å². The number of para-hydroxylation sites is 1. The molecule has 9 heteroatoms. The number of rotatable bonds is 7. The molecule has 0 fully saturated rings. The monoisotopic (exact) mass is 439 g/mol. The Kier molecular flexibility index (Phi) is 6.00. The molecule has 1 amide bonds. The van der Waals surface area contributed by atoms with Gasteiger partial charge in [0.25, 0.3) is 5.56 Å². The molecule has 0 spiro atoms. The summed E-state index contributed by atoms with van der Waals surface area (Å²) in [7, 11) is 0. The third-order valence-electron chi connectivity index (χ3n) is 5.49. The predicted octanol–water partition coefficient (Wildman–Crippen LogP) is 2.54. The summed E-state index contributed by atoms with van der Waals surface area (Å²) in [5.41, 5.74) is 8.34. The first-order valence-corrected chi connectivity index (χ1v) is 10.3. The van der Waals surface area contributed by atoms with Gasteiger partial charge in [-0.1, -0.05) is 24.3 Å². The Balaban J connectivity index is 1.41. The van der Waals surface area contributed by atoms with Crippen LogP contribution in [0, 0.1) is 18.6 Å². The number of hydrogen-bond acceptors (Lipinski definition) is 4. The number of hydrogen-bond donors (Lipinski definition) is 3. The zero-order chi connectivity index (χ0) is 22.8. The van der Waals surface area contributed by atoms with Crippen LogP contribution in [0.4, 0.5) is 8.78 Å². The van der Waals surface area contributed by atoms with Gasteiger partial charge in [-0.2, -0.15) is 5.10 Å². The van der Waals surface area contributed by atoms with E-state index in [1.54, 1.807) is 4.57 Å². The molecule has 2 aromatic carbocycles. The van der Waals surface area contributed by atoms with Gasteiger partial charge in [-0.3, -0.25) is 14.7 Å². The summed E-state index contributed by atoms with van der Waals surface area (Å²) in [6.07, 6.45) is 0.597. The van der Waals surface area contributed by atoms with Crippen LogP contribution in [0.5, 0.6) is 0 Å². The van der Waals surface area contributed by atoms with Crippen LogP contribution in [-0.2, 0) is 17.8 Å². The molecule has 0 aliphatic carbocycles. The molecule has 4 N–H and O–H groups in total. The van der Waals surface area contributed by atoms with Crippen LogP contribution in [-0.4, -0.2) is 33.3 Å². The fraction of sp³-hybridized carbons (Fsp3) is 0.261. The molecule has 32 heavy (non-hydrogen) atoms. The van der Waals surface area contributed by atoms with Crippen molar-refractivity contribution < 1.29 is 13.6 Å². The fourth-order valence-electron chi connectivity index (χ4n) is 3.85. The maximum atomic E-state index is 13.3. The third kappa shape index (κ3) is 4.11. The fourth-order valence-corrected chi connectivity index (χ4v) is 3.85. The number of carbonyl (C=O) groups excluding carboxylic acids is 1. The van der Waals surface area contributed by atoms with Gasteiger partial charge in [-0.25, -0.2) is 8.78 Å². The van der Waals surface area contributed by atoms with E-state index in [2.05, 4.69) is 15.5 Å². The Morgan fingerprint density at radius 1 is 1.22 bits per heavy atom. The van der Waals surface area contributed by atoms with Crippen LogP contribution >= 0.6 is 0 Å². The van der Waals surface area contributed by atoms with Crippen LogP contribution in [0.2, 0.25) is 0 Å². The number of pyridine rings is 1. The van der Waals surface area contributed by atoms with Crippen molar-refractivity contribution in [3.05, 3.63) is 75.7 Å². The van der Waals surface area contributed by atoms with E-state index in [0.717, 1.165) is 23.0 Å². The molecule has 0 bridgehead atoms. The van der Waals surface area contributed by atoms with Gasteiger partial charge in [0.05, 0.1) is 16.9 Å². The number of nitrogens with two attached hydrogens (primary N) is 1. The number of fused-ring (bicyclic) bond motifs is 3. The van der Waals surface area contributed by atoms with Gasteiger partial charge < -0.3 is 15.6 Å². The molecule has 0 aliphatic rings. The first kappa shape index (κ1) is 21.6. The molecule has 0 radical (unpaired) electrons. The number of carbonyl (C=O) groups is 1. The Bertz CT molecular complexity index is 1360. The highest BCUT2D eigenvalue weighted by atomic mass is 19.2. The molecule has 2 heterocycles. The molecule has 1 atom stereocenters.